The molecular weight excluding hydrogens is 502 g/mol. The average Bonchev–Trinajstić information content (AvgIpc) is 2.83. The number of hydrogen-bond acceptors (Lipinski definition) is 7. The summed E-state index contributed by atoms with van der Waals surface area (Å²) in [6, 6.07) is 20.6. The second-order valence-electron chi connectivity index (χ2n) is 7.74. The van der Waals surface area contributed by atoms with Gasteiger partial charge >= 0.3 is 0 Å². The molecule has 0 radical (unpaired) electrons. The molecule has 0 saturated carbocycles. The Kier molecular flexibility index (Phi) is 8.70. The molecule has 4 rings (SSSR count). The molecule has 4 N–H and O–H groups in total. The highest BCUT2D eigenvalue weighted by Crippen LogP contribution is 2.26. The number of benzene rings is 3. The lowest BCUT2D eigenvalue weighted by Gasteiger charge is -2.14. The van der Waals surface area contributed by atoms with Gasteiger partial charge in [-0.1, -0.05) is 36.4 Å². The quantitative estimate of drug-likeness (QED) is 0.192. The van der Waals surface area contributed by atoms with Crippen LogP contribution in [0.15, 0.2) is 82.0 Å². The fourth-order valence-corrected chi connectivity index (χ4v) is 3.45. The summed E-state index contributed by atoms with van der Waals surface area (Å²) in [6.45, 7) is 0.983. The summed E-state index contributed by atoms with van der Waals surface area (Å²) in [7, 11) is 0. The highest BCUT2D eigenvalue weighted by atomic mass is 79.9. The second kappa shape index (κ2) is 11.7. The standard InChI is InChI=1S/C26H25NO6.BrH/c28-19(15-27-11-10-17-6-9-22(29)24(31)12-17)16-32-20-7-8-21-23(30)14-25(33-26(21)13-20)18-4-2-1-3-5-18;/h1-9,12-14,19,27-29,31H,10-11,15-16H2;1H. The van der Waals surface area contributed by atoms with Gasteiger partial charge in [0.1, 0.15) is 29.8 Å². The van der Waals surface area contributed by atoms with Gasteiger partial charge in [-0.25, -0.2) is 0 Å². The van der Waals surface area contributed by atoms with Crippen molar-refractivity contribution in [3.63, 3.8) is 0 Å². The molecule has 4 aromatic rings. The Balaban J connectivity index is 0.00000324. The van der Waals surface area contributed by atoms with Gasteiger partial charge in [-0.15, -0.1) is 17.0 Å². The molecule has 0 aliphatic heterocycles. The lowest BCUT2D eigenvalue weighted by atomic mass is 10.1. The largest absolute Gasteiger partial charge is 0.504 e. The first-order valence-corrected chi connectivity index (χ1v) is 10.7. The molecule has 0 aliphatic carbocycles. The number of aromatic hydroxyl groups is 2. The van der Waals surface area contributed by atoms with Crippen LogP contribution in [-0.4, -0.2) is 41.1 Å². The number of nitrogens with one attached hydrogen (secondary N) is 1. The highest BCUT2D eigenvalue weighted by Gasteiger charge is 2.10. The first-order valence-electron chi connectivity index (χ1n) is 10.7. The van der Waals surface area contributed by atoms with E-state index in [9.17, 15) is 20.1 Å². The van der Waals surface area contributed by atoms with E-state index < -0.39 is 6.10 Å². The van der Waals surface area contributed by atoms with E-state index in [0.717, 1.165) is 11.1 Å². The topological polar surface area (TPSA) is 112 Å². The Bertz CT molecular complexity index is 1290. The summed E-state index contributed by atoms with van der Waals surface area (Å²) < 4.78 is 11.6. The summed E-state index contributed by atoms with van der Waals surface area (Å²) in [5.74, 6) is 0.678. The molecule has 0 spiro atoms. The number of halogens is 1. The molecule has 1 heterocycles. The Labute approximate surface area is 207 Å². The van der Waals surface area contributed by atoms with Crippen molar-refractivity contribution in [2.24, 2.45) is 0 Å². The second-order valence-corrected chi connectivity index (χ2v) is 7.74. The molecule has 1 atom stereocenters. The minimum absolute atomic E-state index is 0. The molecule has 0 fully saturated rings. The highest BCUT2D eigenvalue weighted by molar-refractivity contribution is 8.93. The molecule has 3 aromatic carbocycles. The third kappa shape index (κ3) is 6.38. The third-order valence-corrected chi connectivity index (χ3v) is 5.21. The minimum Gasteiger partial charge on any atom is -0.504 e. The molecule has 34 heavy (non-hydrogen) atoms. The van der Waals surface area contributed by atoms with Gasteiger partial charge in [0.2, 0.25) is 0 Å². The Morgan fingerprint density at radius 1 is 0.941 bits per heavy atom. The molecule has 8 heteroatoms. The molecule has 0 amide bonds. The molecule has 0 aliphatic rings. The first kappa shape index (κ1) is 25.3. The van der Waals surface area contributed by atoms with Gasteiger partial charge in [-0.2, -0.15) is 0 Å². The molecule has 178 valence electrons. The van der Waals surface area contributed by atoms with E-state index in [0.29, 0.717) is 42.0 Å². The number of hydrogen-bond donors (Lipinski definition) is 4. The molecule has 1 unspecified atom stereocenters. The molecule has 7 nitrogen and oxygen atoms in total. The van der Waals surface area contributed by atoms with Crippen molar-refractivity contribution in [2.75, 3.05) is 19.7 Å². The zero-order chi connectivity index (χ0) is 23.2. The number of rotatable bonds is 9. The van der Waals surface area contributed by atoms with Gasteiger partial charge in [0, 0.05) is 24.2 Å². The molecule has 1 aromatic heterocycles. The van der Waals surface area contributed by atoms with Crippen LogP contribution >= 0.6 is 17.0 Å². The normalized spacial score (nSPS) is 11.7. The minimum atomic E-state index is -0.739. The fourth-order valence-electron chi connectivity index (χ4n) is 3.45. The smallest absolute Gasteiger partial charge is 0.193 e. The SMILES string of the molecule is Br.O=c1cc(-c2ccccc2)oc2cc(OCC(O)CNCCc3ccc(O)c(O)c3)ccc12. The van der Waals surface area contributed by atoms with Gasteiger partial charge in [0.15, 0.2) is 16.9 Å². The Morgan fingerprint density at radius 3 is 2.50 bits per heavy atom. The number of phenolic OH excluding ortho intramolecular Hbond substituents is 2. The van der Waals surface area contributed by atoms with Crippen LogP contribution in [0.25, 0.3) is 22.3 Å². The predicted molar refractivity (Wildman–Crippen MR) is 136 cm³/mol. The van der Waals surface area contributed by atoms with Gasteiger partial charge in [0.25, 0.3) is 0 Å². The van der Waals surface area contributed by atoms with Crippen LogP contribution in [0, 0.1) is 0 Å². The summed E-state index contributed by atoms with van der Waals surface area (Å²) in [4.78, 5) is 12.5. The summed E-state index contributed by atoms with van der Waals surface area (Å²) in [6.07, 6.45) is -0.105. The maximum atomic E-state index is 12.5. The van der Waals surface area contributed by atoms with E-state index in [4.69, 9.17) is 9.15 Å². The Hall–Kier alpha value is -3.33. The van der Waals surface area contributed by atoms with Crippen molar-refractivity contribution < 1.29 is 24.5 Å². The molecule has 0 saturated heterocycles. The van der Waals surface area contributed by atoms with E-state index in [1.54, 1.807) is 24.3 Å². The van der Waals surface area contributed by atoms with Crippen molar-refractivity contribution in [1.82, 2.24) is 5.32 Å². The number of phenols is 2. The fraction of sp³-hybridized carbons (Fsp3) is 0.192. The lowest BCUT2D eigenvalue weighted by molar-refractivity contribution is 0.106. The van der Waals surface area contributed by atoms with E-state index in [-0.39, 0.29) is 40.5 Å². The molecule has 0 bridgehead atoms. The van der Waals surface area contributed by atoms with Crippen LogP contribution < -0.4 is 15.5 Å². The van der Waals surface area contributed by atoms with Crippen LogP contribution in [0.5, 0.6) is 17.2 Å². The van der Waals surface area contributed by atoms with Crippen molar-refractivity contribution in [1.29, 1.82) is 0 Å². The maximum absolute atomic E-state index is 12.5. The average molecular weight is 528 g/mol. The van der Waals surface area contributed by atoms with Crippen molar-refractivity contribution in [3.05, 3.63) is 88.6 Å². The summed E-state index contributed by atoms with van der Waals surface area (Å²) in [5.41, 5.74) is 1.97. The molecular formula is C26H26BrNO6. The van der Waals surface area contributed by atoms with Crippen LogP contribution in [0.4, 0.5) is 0 Å². The van der Waals surface area contributed by atoms with Gasteiger partial charge in [-0.3, -0.25) is 4.79 Å². The first-order chi connectivity index (χ1) is 16.0. The van der Waals surface area contributed by atoms with Crippen LogP contribution in [0.2, 0.25) is 0 Å². The van der Waals surface area contributed by atoms with E-state index in [1.165, 1.54) is 18.2 Å². The van der Waals surface area contributed by atoms with E-state index in [1.807, 2.05) is 30.3 Å². The van der Waals surface area contributed by atoms with Crippen molar-refractivity contribution in [2.45, 2.75) is 12.5 Å². The van der Waals surface area contributed by atoms with Gasteiger partial charge < -0.3 is 29.8 Å². The van der Waals surface area contributed by atoms with E-state index in [2.05, 4.69) is 5.32 Å². The maximum Gasteiger partial charge on any atom is 0.193 e. The van der Waals surface area contributed by atoms with Crippen molar-refractivity contribution in [3.8, 4) is 28.6 Å². The zero-order valence-corrected chi connectivity index (χ0v) is 20.0. The lowest BCUT2D eigenvalue weighted by Crippen LogP contribution is -2.32. The van der Waals surface area contributed by atoms with E-state index >= 15 is 0 Å². The van der Waals surface area contributed by atoms with Crippen molar-refractivity contribution >= 4 is 28.0 Å². The van der Waals surface area contributed by atoms with Gasteiger partial charge in [0.05, 0.1) is 5.39 Å². The Morgan fingerprint density at radius 2 is 1.74 bits per heavy atom. The summed E-state index contributed by atoms with van der Waals surface area (Å²) in [5, 5.41) is 32.7. The number of fused-ring (bicyclic) bond motifs is 1. The number of ether oxygens (including phenoxy) is 1. The monoisotopic (exact) mass is 527 g/mol. The zero-order valence-electron chi connectivity index (χ0n) is 18.3. The number of aliphatic hydroxyl groups excluding tert-OH is 1. The van der Waals surface area contributed by atoms with Crippen LogP contribution in [0.1, 0.15) is 5.56 Å². The number of aliphatic hydroxyl groups is 1. The third-order valence-electron chi connectivity index (χ3n) is 5.21. The van der Waals surface area contributed by atoms with Gasteiger partial charge in [-0.05, 0) is 42.8 Å². The van der Waals surface area contributed by atoms with Crippen LogP contribution in [-0.2, 0) is 6.42 Å². The van der Waals surface area contributed by atoms with Crippen LogP contribution in [0.3, 0.4) is 0 Å². The predicted octanol–water partition coefficient (Wildman–Crippen LogP) is 4.02. The summed E-state index contributed by atoms with van der Waals surface area (Å²) >= 11 is 0.